The first-order valence-corrected chi connectivity index (χ1v) is 7.64. The van der Waals surface area contributed by atoms with E-state index < -0.39 is 9.05 Å². The molecule has 2 rings (SSSR count). The van der Waals surface area contributed by atoms with Gasteiger partial charge in [0.25, 0.3) is 14.2 Å². The smallest absolute Gasteiger partial charge is 0.296 e. The number of hydrogen-bond acceptors (Lipinski definition) is 5. The van der Waals surface area contributed by atoms with E-state index in [-0.39, 0.29) is 5.16 Å². The van der Waals surface area contributed by atoms with Crippen LogP contribution >= 0.6 is 10.7 Å². The molecule has 0 amide bonds. The fraction of sp³-hybridized carbons (Fsp3) is 0.300. The number of nitrogens with zero attached hydrogens (tertiary/aromatic N) is 4. The van der Waals surface area contributed by atoms with E-state index in [0.717, 1.165) is 6.42 Å². The summed E-state index contributed by atoms with van der Waals surface area (Å²) in [6.45, 7) is 2.38. The highest BCUT2D eigenvalue weighted by atomic mass is 35.7. The first-order valence-electron chi connectivity index (χ1n) is 5.33. The average molecular weight is 287 g/mol. The van der Waals surface area contributed by atoms with Crippen molar-refractivity contribution in [3.63, 3.8) is 0 Å². The van der Waals surface area contributed by atoms with Crippen LogP contribution in [0.15, 0.2) is 29.6 Å². The maximum absolute atomic E-state index is 11.4. The van der Waals surface area contributed by atoms with E-state index in [9.17, 15) is 8.42 Å². The molecular formula is C10H11ClN4O2S. The summed E-state index contributed by atoms with van der Waals surface area (Å²) in [5.74, 6) is 0.400. The van der Waals surface area contributed by atoms with Gasteiger partial charge >= 0.3 is 0 Å². The summed E-state index contributed by atoms with van der Waals surface area (Å²) in [5, 5.41) is 7.25. The van der Waals surface area contributed by atoms with Crippen molar-refractivity contribution in [2.24, 2.45) is 0 Å². The van der Waals surface area contributed by atoms with Crippen LogP contribution in [0, 0.1) is 0 Å². The van der Waals surface area contributed by atoms with Crippen LogP contribution < -0.4 is 0 Å². The molecule has 0 aromatic carbocycles. The first kappa shape index (κ1) is 13.0. The lowest BCUT2D eigenvalue weighted by atomic mass is 10.3. The molecule has 8 heteroatoms. The molecule has 0 radical (unpaired) electrons. The third kappa shape index (κ3) is 2.51. The predicted molar refractivity (Wildman–Crippen MR) is 66.6 cm³/mol. The molecule has 0 aliphatic carbocycles. The van der Waals surface area contributed by atoms with Gasteiger partial charge in [-0.15, -0.1) is 10.2 Å². The van der Waals surface area contributed by atoms with Gasteiger partial charge in [0.15, 0.2) is 5.82 Å². The third-order valence-electron chi connectivity index (χ3n) is 2.28. The molecule has 2 aromatic heterocycles. The van der Waals surface area contributed by atoms with E-state index >= 15 is 0 Å². The Bertz CT molecular complexity index is 639. The minimum absolute atomic E-state index is 0.244. The summed E-state index contributed by atoms with van der Waals surface area (Å²) in [7, 11) is 1.42. The zero-order valence-electron chi connectivity index (χ0n) is 9.62. The van der Waals surface area contributed by atoms with Crippen molar-refractivity contribution in [3.05, 3.63) is 24.4 Å². The van der Waals surface area contributed by atoms with Crippen LogP contribution in [0.5, 0.6) is 0 Å². The van der Waals surface area contributed by atoms with E-state index in [4.69, 9.17) is 10.7 Å². The number of hydrogen-bond donors (Lipinski definition) is 0. The van der Waals surface area contributed by atoms with Gasteiger partial charge in [-0.25, -0.2) is 8.42 Å². The molecule has 96 valence electrons. The Morgan fingerprint density at radius 2 is 2.11 bits per heavy atom. The highest BCUT2D eigenvalue weighted by molar-refractivity contribution is 8.13. The Morgan fingerprint density at radius 3 is 2.67 bits per heavy atom. The molecule has 0 N–H and O–H groups in total. The Hall–Kier alpha value is -1.47. The van der Waals surface area contributed by atoms with Gasteiger partial charge in [-0.05, 0) is 18.6 Å². The molecular weight excluding hydrogens is 276 g/mol. The Morgan fingerprint density at radius 1 is 1.33 bits per heavy atom. The second kappa shape index (κ2) is 5.03. The topological polar surface area (TPSA) is 77.7 Å². The van der Waals surface area contributed by atoms with Crippen molar-refractivity contribution in [1.82, 2.24) is 19.7 Å². The second-order valence-corrected chi connectivity index (χ2v) is 6.07. The fourth-order valence-corrected chi connectivity index (χ4v) is 2.50. The van der Waals surface area contributed by atoms with Gasteiger partial charge in [-0.1, -0.05) is 13.0 Å². The highest BCUT2D eigenvalue weighted by Gasteiger charge is 2.23. The summed E-state index contributed by atoms with van der Waals surface area (Å²) >= 11 is 0. The SMILES string of the molecule is CCCn1c(-c2ccccn2)nnc1S(=O)(=O)Cl. The van der Waals surface area contributed by atoms with E-state index in [0.29, 0.717) is 18.1 Å². The van der Waals surface area contributed by atoms with Gasteiger partial charge in [0.05, 0.1) is 0 Å². The minimum Gasteiger partial charge on any atom is -0.296 e. The molecule has 0 aliphatic rings. The van der Waals surface area contributed by atoms with Crippen molar-refractivity contribution in [3.8, 4) is 11.5 Å². The average Bonchev–Trinajstić information content (AvgIpc) is 2.74. The molecule has 0 spiro atoms. The van der Waals surface area contributed by atoms with E-state index in [1.165, 1.54) is 4.57 Å². The molecule has 0 saturated carbocycles. The Labute approximate surface area is 109 Å². The predicted octanol–water partition coefficient (Wildman–Crippen LogP) is 1.68. The van der Waals surface area contributed by atoms with Gasteiger partial charge in [-0.3, -0.25) is 9.55 Å². The lowest BCUT2D eigenvalue weighted by molar-refractivity contribution is 0.569. The normalized spacial score (nSPS) is 11.7. The minimum atomic E-state index is -3.91. The standard InChI is InChI=1S/C10H11ClN4O2S/c1-2-7-15-9(8-5-3-4-6-12-8)13-14-10(15)18(11,16)17/h3-6H,2,7H2,1H3. The van der Waals surface area contributed by atoms with Crippen molar-refractivity contribution in [1.29, 1.82) is 0 Å². The van der Waals surface area contributed by atoms with Gasteiger partial charge < -0.3 is 0 Å². The van der Waals surface area contributed by atoms with E-state index in [1.54, 1.807) is 24.4 Å². The van der Waals surface area contributed by atoms with Gasteiger partial charge in [0.2, 0.25) is 0 Å². The Balaban J connectivity index is 2.60. The molecule has 2 aromatic rings. The molecule has 0 bridgehead atoms. The summed E-state index contributed by atoms with van der Waals surface area (Å²) in [4.78, 5) is 4.13. The molecule has 2 heterocycles. The molecule has 0 saturated heterocycles. The molecule has 6 nitrogen and oxygen atoms in total. The summed E-state index contributed by atoms with van der Waals surface area (Å²) in [6, 6.07) is 5.30. The Kier molecular flexibility index (Phi) is 3.63. The molecule has 0 atom stereocenters. The highest BCUT2D eigenvalue weighted by Crippen LogP contribution is 2.20. The van der Waals surface area contributed by atoms with Crippen LogP contribution in [-0.2, 0) is 15.6 Å². The molecule has 0 unspecified atom stereocenters. The zero-order chi connectivity index (χ0) is 13.2. The van der Waals surface area contributed by atoms with Gasteiger partial charge in [-0.2, -0.15) is 0 Å². The second-order valence-electron chi connectivity index (χ2n) is 3.61. The van der Waals surface area contributed by atoms with Gasteiger partial charge in [0.1, 0.15) is 5.69 Å². The lowest BCUT2D eigenvalue weighted by Gasteiger charge is -2.06. The van der Waals surface area contributed by atoms with Crippen molar-refractivity contribution in [2.45, 2.75) is 25.0 Å². The molecule has 0 aliphatic heterocycles. The monoisotopic (exact) mass is 286 g/mol. The summed E-state index contributed by atoms with van der Waals surface area (Å²) in [6.07, 6.45) is 2.34. The van der Waals surface area contributed by atoms with Gasteiger partial charge in [0, 0.05) is 23.4 Å². The van der Waals surface area contributed by atoms with Crippen LogP contribution in [0.2, 0.25) is 0 Å². The summed E-state index contributed by atoms with van der Waals surface area (Å²) in [5.41, 5.74) is 0.560. The van der Waals surface area contributed by atoms with Crippen LogP contribution in [0.3, 0.4) is 0 Å². The third-order valence-corrected chi connectivity index (χ3v) is 3.43. The van der Waals surface area contributed by atoms with E-state index in [2.05, 4.69) is 15.2 Å². The quantitative estimate of drug-likeness (QED) is 0.799. The zero-order valence-corrected chi connectivity index (χ0v) is 11.2. The molecule has 18 heavy (non-hydrogen) atoms. The number of rotatable bonds is 4. The number of halogens is 1. The molecule has 0 fully saturated rings. The van der Waals surface area contributed by atoms with E-state index in [1.807, 2.05) is 6.92 Å². The van der Waals surface area contributed by atoms with Crippen molar-refractivity contribution >= 4 is 19.7 Å². The maximum Gasteiger partial charge on any atom is 0.296 e. The summed E-state index contributed by atoms with van der Waals surface area (Å²) < 4.78 is 24.3. The van der Waals surface area contributed by atoms with Crippen LogP contribution in [-0.4, -0.2) is 28.2 Å². The van der Waals surface area contributed by atoms with Crippen molar-refractivity contribution < 1.29 is 8.42 Å². The number of aromatic nitrogens is 4. The van der Waals surface area contributed by atoms with Crippen LogP contribution in [0.25, 0.3) is 11.5 Å². The maximum atomic E-state index is 11.4. The fourth-order valence-electron chi connectivity index (χ4n) is 1.58. The lowest BCUT2D eigenvalue weighted by Crippen LogP contribution is -2.08. The first-order chi connectivity index (χ1) is 8.54. The van der Waals surface area contributed by atoms with Crippen molar-refractivity contribution in [2.75, 3.05) is 0 Å². The largest absolute Gasteiger partial charge is 0.296 e. The number of pyridine rings is 1. The van der Waals surface area contributed by atoms with Crippen LogP contribution in [0.4, 0.5) is 0 Å². The van der Waals surface area contributed by atoms with Crippen LogP contribution in [0.1, 0.15) is 13.3 Å².